The minimum absolute atomic E-state index is 0. The van der Waals surface area contributed by atoms with Crippen LogP contribution in [0.15, 0.2) is 134 Å². The zero-order valence-electron chi connectivity index (χ0n) is 59.8. The van der Waals surface area contributed by atoms with E-state index in [9.17, 15) is 35.7 Å². The predicted octanol–water partition coefficient (Wildman–Crippen LogP) is 11.2. The molecular formula is C68H138O15Si10. The van der Waals surface area contributed by atoms with Gasteiger partial charge in [-0.3, -0.25) is 0 Å². The van der Waals surface area contributed by atoms with E-state index in [2.05, 4.69) is 94.7 Å². The molecule has 0 saturated heterocycles. The summed E-state index contributed by atoms with van der Waals surface area (Å²) < 4.78 is 32.1. The van der Waals surface area contributed by atoms with Gasteiger partial charge in [-0.25, -0.2) is 0 Å². The molecule has 0 heterocycles. The number of benzene rings is 4. The minimum Gasteiger partial charge on any atom is -0.454 e. The SMILES string of the molecule is C.C.C=C.CC(O)[Si](C)(C)O[Si](C)(C)CCO.CC[Si](CC)(CCO)O[Si](CC)(CC)C(C)O.CC[Si](CC)(CO)O[Si](CC)(CC)CO.C[Si](C)(CO)O[Si](C)(C)CCCO.OC[Si](O[Si](CO)(c1ccccc1)c1ccccc1)(c1ccccc1)c1ccccc1. The first-order chi connectivity index (χ1) is 42.8. The highest BCUT2D eigenvalue weighted by Crippen LogP contribution is 2.32. The summed E-state index contributed by atoms with van der Waals surface area (Å²) >= 11 is 0. The average Bonchev–Trinajstić information content (AvgIpc) is 0.779. The van der Waals surface area contributed by atoms with E-state index in [0.29, 0.717) is 0 Å². The molecule has 0 amide bonds. The standard InChI is InChI=1S/C26H26O3Si2.C12H30O3Si2.C10H26O3Si2.2C8H22O3Si2.C2H4.2CH4/c27-21-30(23-13-5-1-6-14-23,24-15-7-2-8-16-24)29-31(22-28,25-17-9-3-10-18-25)26-19-11-4-12-20-26;1-6-16(7-2,11-10-13)15-17(8-3,9-4)12(5)14;1-5-14(6-2,9-11)13-15(7-3,8-4)10-12;1-8(10)13(4,5)11-12(2,3)7-6-9;1-12(2,7-5-6-9)11-13(3,4)8-10;1-2;;/h1-20,27-28H,21-22H2;12-14H,6-11H2,1-5H3;11-12H,5-10H2,1-4H3;8-10H,6-7H2,1-5H3;9-10H,5-8H2,1-4H3;1-2H2;2*1H4. The van der Waals surface area contributed by atoms with E-state index in [1.807, 2.05) is 154 Å². The highest BCUT2D eigenvalue weighted by Gasteiger charge is 2.51. The van der Waals surface area contributed by atoms with Crippen molar-refractivity contribution in [3.63, 3.8) is 0 Å². The van der Waals surface area contributed by atoms with Gasteiger partial charge in [-0.1, -0.05) is 192 Å². The lowest BCUT2D eigenvalue weighted by molar-refractivity contribution is 0.235. The average molecular weight is 1480 g/mol. The molecule has 2 unspecified atom stereocenters. The molecule has 0 bridgehead atoms. The normalized spacial score (nSPS) is 13.0. The first-order valence-electron chi connectivity index (χ1n) is 33.3. The summed E-state index contributed by atoms with van der Waals surface area (Å²) in [5.41, 5.74) is -0.667. The van der Waals surface area contributed by atoms with Crippen LogP contribution in [0.2, 0.25) is 119 Å². The van der Waals surface area contributed by atoms with Gasteiger partial charge < -0.3 is 71.6 Å². The summed E-state index contributed by atoms with van der Waals surface area (Å²) in [6, 6.07) is 50.2. The summed E-state index contributed by atoms with van der Waals surface area (Å²) in [6.45, 7) is 43.8. The Morgan fingerprint density at radius 3 is 0.871 bits per heavy atom. The molecule has 0 aliphatic rings. The Morgan fingerprint density at radius 1 is 0.333 bits per heavy atom. The number of rotatable bonds is 36. The Kier molecular flexibility index (Phi) is 51.2. The largest absolute Gasteiger partial charge is 0.454 e. The smallest absolute Gasteiger partial charge is 0.271 e. The van der Waals surface area contributed by atoms with E-state index < -0.39 is 83.2 Å². The fourth-order valence-electron chi connectivity index (χ4n) is 10.8. The van der Waals surface area contributed by atoms with Gasteiger partial charge in [0, 0.05) is 19.8 Å². The minimum atomic E-state index is -3.09. The monoisotopic (exact) mass is 1470 g/mol. The zero-order chi connectivity index (χ0) is 70.3. The maximum absolute atomic E-state index is 10.9. The number of aliphatic hydroxyl groups excluding tert-OH is 10. The van der Waals surface area contributed by atoms with Crippen LogP contribution in [-0.2, 0) is 20.6 Å². The second-order valence-corrected chi connectivity index (χ2v) is 69.0. The van der Waals surface area contributed by atoms with Crippen molar-refractivity contribution in [2.75, 3.05) is 51.0 Å². The van der Waals surface area contributed by atoms with Gasteiger partial charge in [0.2, 0.25) is 33.3 Å². The van der Waals surface area contributed by atoms with Gasteiger partial charge in [0.25, 0.3) is 16.6 Å². The zero-order valence-corrected chi connectivity index (χ0v) is 69.8. The van der Waals surface area contributed by atoms with Crippen LogP contribution in [0.5, 0.6) is 0 Å². The van der Waals surface area contributed by atoms with Crippen LogP contribution in [0, 0.1) is 0 Å². The Hall–Kier alpha value is -1.81. The summed E-state index contributed by atoms with van der Waals surface area (Å²) in [5.74, 6) is 0. The van der Waals surface area contributed by atoms with Crippen molar-refractivity contribution in [2.45, 2.75) is 221 Å². The topological polar surface area (TPSA) is 248 Å². The second-order valence-electron chi connectivity index (χ2n) is 25.9. The number of aliphatic hydroxyl groups is 10. The third kappa shape index (κ3) is 31.9. The van der Waals surface area contributed by atoms with Gasteiger partial charge in [0.15, 0.2) is 33.3 Å². The van der Waals surface area contributed by atoms with E-state index >= 15 is 0 Å². The molecule has 2 atom stereocenters. The van der Waals surface area contributed by atoms with Crippen LogP contribution in [0.1, 0.15) is 90.5 Å². The van der Waals surface area contributed by atoms with Gasteiger partial charge >= 0.3 is 0 Å². The molecule has 0 fully saturated rings. The highest BCUT2D eigenvalue weighted by molar-refractivity contribution is 7.09. The van der Waals surface area contributed by atoms with Crippen LogP contribution in [-0.4, -0.2) is 197 Å². The molecule has 15 nitrogen and oxygen atoms in total. The van der Waals surface area contributed by atoms with Crippen molar-refractivity contribution in [3.8, 4) is 0 Å². The molecule has 0 aromatic heterocycles. The molecule has 4 aromatic rings. The quantitative estimate of drug-likeness (QED) is 0.0150. The third-order valence-corrected chi connectivity index (χ3v) is 61.7. The van der Waals surface area contributed by atoms with E-state index in [4.69, 9.17) is 35.9 Å². The van der Waals surface area contributed by atoms with Crippen LogP contribution in [0.25, 0.3) is 0 Å². The first kappa shape index (κ1) is 97.6. The van der Waals surface area contributed by atoms with Crippen LogP contribution in [0.3, 0.4) is 0 Å². The first-order valence-corrected chi connectivity index (χ1v) is 59.8. The Morgan fingerprint density at radius 2 is 0.645 bits per heavy atom. The lowest BCUT2D eigenvalue weighted by Crippen LogP contribution is -2.76. The molecule has 0 aliphatic carbocycles. The summed E-state index contributed by atoms with van der Waals surface area (Å²) in [6.07, 6.45) is 1.14. The molecule has 540 valence electrons. The molecule has 0 spiro atoms. The number of hydrogen-bond acceptors (Lipinski definition) is 15. The molecule has 4 aromatic carbocycles. The van der Waals surface area contributed by atoms with Crippen molar-refractivity contribution in [1.82, 2.24) is 0 Å². The van der Waals surface area contributed by atoms with Crippen LogP contribution in [0.4, 0.5) is 0 Å². The van der Waals surface area contributed by atoms with E-state index in [1.54, 1.807) is 6.92 Å². The lowest BCUT2D eigenvalue weighted by atomic mass is 10.4. The van der Waals surface area contributed by atoms with Gasteiger partial charge in [0.1, 0.15) is 0 Å². The van der Waals surface area contributed by atoms with Crippen molar-refractivity contribution in [2.24, 2.45) is 0 Å². The second kappa shape index (κ2) is 48.8. The van der Waals surface area contributed by atoms with Gasteiger partial charge in [-0.2, -0.15) is 0 Å². The van der Waals surface area contributed by atoms with Crippen molar-refractivity contribution in [3.05, 3.63) is 134 Å². The van der Waals surface area contributed by atoms with Crippen LogP contribution >= 0.6 is 0 Å². The highest BCUT2D eigenvalue weighted by atomic mass is 28.4. The molecule has 10 N–H and O–H groups in total. The van der Waals surface area contributed by atoms with E-state index in [1.165, 1.54) is 0 Å². The van der Waals surface area contributed by atoms with Gasteiger partial charge in [-0.05, 0) is 160 Å². The number of hydrogen-bond donors (Lipinski definition) is 10. The maximum atomic E-state index is 10.9. The summed E-state index contributed by atoms with van der Waals surface area (Å²) in [4.78, 5) is 0. The van der Waals surface area contributed by atoms with Crippen molar-refractivity contribution >= 4 is 104 Å². The molecule has 4 rings (SSSR count). The van der Waals surface area contributed by atoms with E-state index in [0.717, 1.165) is 93.7 Å². The van der Waals surface area contributed by atoms with Crippen molar-refractivity contribution < 1.29 is 71.6 Å². The summed E-state index contributed by atoms with van der Waals surface area (Å²) in [7, 11) is -21.1. The van der Waals surface area contributed by atoms with Crippen LogP contribution < -0.4 is 20.7 Å². The third-order valence-electron chi connectivity index (χ3n) is 17.7. The Balaban J connectivity index is -0.000000556. The molecule has 0 aliphatic heterocycles. The van der Waals surface area contributed by atoms with Gasteiger partial charge in [0.05, 0.1) is 42.6 Å². The molecule has 93 heavy (non-hydrogen) atoms. The van der Waals surface area contributed by atoms with Crippen molar-refractivity contribution in [1.29, 1.82) is 0 Å². The van der Waals surface area contributed by atoms with Gasteiger partial charge in [-0.15, -0.1) is 13.2 Å². The molecule has 0 saturated carbocycles. The Bertz CT molecular complexity index is 2200. The molecular weight excluding hydrogens is 1340 g/mol. The molecule has 25 heteroatoms. The van der Waals surface area contributed by atoms with E-state index in [-0.39, 0.29) is 77.3 Å². The fraction of sp³-hybridized carbons (Fsp3) is 0.618. The lowest BCUT2D eigenvalue weighted by Gasteiger charge is -2.42. The Labute approximate surface area is 578 Å². The predicted molar refractivity (Wildman–Crippen MR) is 422 cm³/mol. The fourth-order valence-corrected chi connectivity index (χ4v) is 53.5. The maximum Gasteiger partial charge on any atom is 0.271 e. The molecule has 0 radical (unpaired) electrons. The summed E-state index contributed by atoms with van der Waals surface area (Å²) in [5, 5.41) is 100.